The van der Waals surface area contributed by atoms with E-state index in [0.29, 0.717) is 33.9 Å². The van der Waals surface area contributed by atoms with E-state index in [2.05, 4.69) is 26.5 Å². The second kappa shape index (κ2) is 5.38. The lowest BCUT2D eigenvalue weighted by atomic mass is 10.1. The second-order valence-electron chi connectivity index (χ2n) is 4.26. The summed E-state index contributed by atoms with van der Waals surface area (Å²) in [4.78, 5) is 4.85. The molecule has 0 aliphatic heterocycles. The Morgan fingerprint density at radius 1 is 1.38 bits per heavy atom. The molecule has 3 rings (SSSR count). The SMILES string of the molecule is N#Cc1ccc(F)cc1CSc1cc(N)nc2[nH]nnc12. The van der Waals surface area contributed by atoms with Crippen LogP contribution in [-0.4, -0.2) is 20.4 Å². The maximum atomic E-state index is 13.3. The van der Waals surface area contributed by atoms with Crippen LogP contribution < -0.4 is 5.73 Å². The van der Waals surface area contributed by atoms with Crippen LogP contribution in [0.25, 0.3) is 11.2 Å². The van der Waals surface area contributed by atoms with Crippen molar-refractivity contribution < 1.29 is 4.39 Å². The van der Waals surface area contributed by atoms with Crippen molar-refractivity contribution in [2.24, 2.45) is 0 Å². The van der Waals surface area contributed by atoms with E-state index in [4.69, 9.17) is 11.0 Å². The Balaban J connectivity index is 1.92. The number of thioether (sulfide) groups is 1. The summed E-state index contributed by atoms with van der Waals surface area (Å²) in [5.74, 6) is 0.396. The van der Waals surface area contributed by atoms with E-state index in [1.165, 1.54) is 30.0 Å². The Morgan fingerprint density at radius 3 is 3.05 bits per heavy atom. The van der Waals surface area contributed by atoms with E-state index < -0.39 is 0 Å². The number of benzene rings is 1. The quantitative estimate of drug-likeness (QED) is 0.719. The number of halogens is 1. The zero-order valence-electron chi connectivity index (χ0n) is 10.7. The standard InChI is InChI=1S/C13H9FN6S/c14-9-2-1-7(5-15)8(3-9)6-21-10-4-11(16)17-13-12(10)18-20-19-13/h1-4H,6H2,(H3,16,17,18,19,20). The molecule has 0 bridgehead atoms. The molecular weight excluding hydrogens is 291 g/mol. The number of anilines is 1. The molecule has 0 spiro atoms. The highest BCUT2D eigenvalue weighted by Gasteiger charge is 2.10. The van der Waals surface area contributed by atoms with Crippen LogP contribution in [0, 0.1) is 17.1 Å². The summed E-state index contributed by atoms with van der Waals surface area (Å²) in [6.45, 7) is 0. The number of nitrogen functional groups attached to an aromatic ring is 1. The van der Waals surface area contributed by atoms with Gasteiger partial charge in [0.25, 0.3) is 0 Å². The number of H-pyrrole nitrogens is 1. The molecule has 8 heteroatoms. The van der Waals surface area contributed by atoms with E-state index in [-0.39, 0.29) is 5.82 Å². The highest BCUT2D eigenvalue weighted by molar-refractivity contribution is 7.98. The van der Waals surface area contributed by atoms with E-state index in [0.717, 1.165) is 4.90 Å². The van der Waals surface area contributed by atoms with E-state index >= 15 is 0 Å². The van der Waals surface area contributed by atoms with E-state index in [1.54, 1.807) is 6.07 Å². The van der Waals surface area contributed by atoms with Crippen LogP contribution in [0.4, 0.5) is 10.2 Å². The summed E-state index contributed by atoms with van der Waals surface area (Å²) in [6.07, 6.45) is 0. The molecule has 0 saturated heterocycles. The van der Waals surface area contributed by atoms with Crippen molar-refractivity contribution >= 4 is 28.7 Å². The van der Waals surface area contributed by atoms with Gasteiger partial charge in [-0.05, 0) is 29.8 Å². The van der Waals surface area contributed by atoms with Gasteiger partial charge in [-0.1, -0.05) is 5.21 Å². The number of fused-ring (bicyclic) bond motifs is 1. The summed E-state index contributed by atoms with van der Waals surface area (Å²) in [5, 5.41) is 19.3. The molecule has 21 heavy (non-hydrogen) atoms. The minimum Gasteiger partial charge on any atom is -0.384 e. The van der Waals surface area contributed by atoms with Gasteiger partial charge in [0.1, 0.15) is 17.2 Å². The van der Waals surface area contributed by atoms with Gasteiger partial charge in [-0.2, -0.15) is 5.26 Å². The molecule has 1 aromatic carbocycles. The van der Waals surface area contributed by atoms with Gasteiger partial charge < -0.3 is 5.73 Å². The third-order valence-electron chi connectivity index (χ3n) is 2.85. The van der Waals surface area contributed by atoms with E-state index in [1.807, 2.05) is 0 Å². The molecule has 0 aliphatic carbocycles. The Morgan fingerprint density at radius 2 is 2.24 bits per heavy atom. The third kappa shape index (κ3) is 2.64. The highest BCUT2D eigenvalue weighted by Crippen LogP contribution is 2.30. The van der Waals surface area contributed by atoms with Gasteiger partial charge in [-0.15, -0.1) is 16.9 Å². The smallest absolute Gasteiger partial charge is 0.179 e. The summed E-state index contributed by atoms with van der Waals surface area (Å²) >= 11 is 1.40. The number of pyridine rings is 1. The number of nitrogens with two attached hydrogens (primary N) is 1. The molecule has 3 aromatic rings. The molecule has 0 atom stereocenters. The first-order valence-corrected chi connectivity index (χ1v) is 6.94. The van der Waals surface area contributed by atoms with Crippen LogP contribution >= 0.6 is 11.8 Å². The van der Waals surface area contributed by atoms with Crippen molar-refractivity contribution in [2.45, 2.75) is 10.6 Å². The fourth-order valence-electron chi connectivity index (χ4n) is 1.89. The number of rotatable bonds is 3. The van der Waals surface area contributed by atoms with Crippen LogP contribution in [0.3, 0.4) is 0 Å². The molecule has 0 saturated carbocycles. The molecule has 0 fully saturated rings. The predicted octanol–water partition coefficient (Wildman–Crippen LogP) is 2.24. The van der Waals surface area contributed by atoms with Gasteiger partial charge in [-0.25, -0.2) is 14.5 Å². The monoisotopic (exact) mass is 300 g/mol. The van der Waals surface area contributed by atoms with Crippen LogP contribution in [0.2, 0.25) is 0 Å². The number of nitriles is 1. The minimum atomic E-state index is -0.370. The zero-order valence-corrected chi connectivity index (χ0v) is 11.5. The van der Waals surface area contributed by atoms with Gasteiger partial charge in [-0.3, -0.25) is 0 Å². The van der Waals surface area contributed by atoms with Crippen molar-refractivity contribution in [3.05, 3.63) is 41.2 Å². The van der Waals surface area contributed by atoms with Crippen molar-refractivity contribution in [1.29, 1.82) is 5.26 Å². The summed E-state index contributed by atoms with van der Waals surface area (Å²) in [6, 6.07) is 7.83. The first-order valence-electron chi connectivity index (χ1n) is 5.96. The van der Waals surface area contributed by atoms with Gasteiger partial charge >= 0.3 is 0 Å². The van der Waals surface area contributed by atoms with Crippen molar-refractivity contribution in [3.8, 4) is 6.07 Å². The van der Waals surface area contributed by atoms with Gasteiger partial charge in [0.2, 0.25) is 0 Å². The Hall–Kier alpha value is -2.66. The number of hydrogen-bond acceptors (Lipinski definition) is 6. The molecule has 104 valence electrons. The molecule has 0 unspecified atom stereocenters. The van der Waals surface area contributed by atoms with Crippen molar-refractivity contribution in [2.75, 3.05) is 5.73 Å². The largest absolute Gasteiger partial charge is 0.384 e. The first kappa shape index (κ1) is 13.3. The fourth-order valence-corrected chi connectivity index (χ4v) is 2.92. The maximum Gasteiger partial charge on any atom is 0.179 e. The summed E-state index contributed by atoms with van der Waals surface area (Å²) in [5.41, 5.74) is 7.89. The topological polar surface area (TPSA) is 104 Å². The van der Waals surface area contributed by atoms with Gasteiger partial charge in [0.15, 0.2) is 5.65 Å². The molecule has 2 heterocycles. The second-order valence-corrected chi connectivity index (χ2v) is 5.27. The number of nitrogens with zero attached hydrogens (tertiary/aromatic N) is 4. The third-order valence-corrected chi connectivity index (χ3v) is 3.93. The Kier molecular flexibility index (Phi) is 3.41. The molecular formula is C13H9FN6S. The molecule has 2 aromatic heterocycles. The minimum absolute atomic E-state index is 0.343. The van der Waals surface area contributed by atoms with Crippen molar-refractivity contribution in [1.82, 2.24) is 20.4 Å². The molecule has 0 aliphatic rings. The van der Waals surface area contributed by atoms with Crippen LogP contribution in [0.1, 0.15) is 11.1 Å². The lowest BCUT2D eigenvalue weighted by Crippen LogP contribution is -1.93. The molecule has 6 nitrogen and oxygen atoms in total. The lowest BCUT2D eigenvalue weighted by Gasteiger charge is -2.05. The number of hydrogen-bond donors (Lipinski definition) is 2. The predicted molar refractivity (Wildman–Crippen MR) is 76.8 cm³/mol. The normalized spacial score (nSPS) is 10.7. The average Bonchev–Trinajstić information content (AvgIpc) is 2.93. The Labute approximate surface area is 123 Å². The fraction of sp³-hybridized carbons (Fsp3) is 0.0769. The first-order chi connectivity index (χ1) is 10.2. The number of nitrogens with one attached hydrogen (secondary N) is 1. The number of aromatic amines is 1. The number of aromatic nitrogens is 4. The molecule has 3 N–H and O–H groups in total. The zero-order chi connectivity index (χ0) is 14.8. The van der Waals surface area contributed by atoms with Crippen LogP contribution in [-0.2, 0) is 5.75 Å². The van der Waals surface area contributed by atoms with E-state index in [9.17, 15) is 4.39 Å². The average molecular weight is 300 g/mol. The molecule has 0 radical (unpaired) electrons. The van der Waals surface area contributed by atoms with Gasteiger partial charge in [0, 0.05) is 10.6 Å². The van der Waals surface area contributed by atoms with Crippen LogP contribution in [0.15, 0.2) is 29.2 Å². The van der Waals surface area contributed by atoms with Crippen molar-refractivity contribution in [3.63, 3.8) is 0 Å². The van der Waals surface area contributed by atoms with Crippen LogP contribution in [0.5, 0.6) is 0 Å². The highest BCUT2D eigenvalue weighted by atomic mass is 32.2. The lowest BCUT2D eigenvalue weighted by molar-refractivity contribution is 0.626. The summed E-state index contributed by atoms with van der Waals surface area (Å²) < 4.78 is 13.3. The Bertz CT molecular complexity index is 853. The molecule has 0 amide bonds. The maximum absolute atomic E-state index is 13.3. The van der Waals surface area contributed by atoms with Gasteiger partial charge in [0.05, 0.1) is 11.6 Å². The summed E-state index contributed by atoms with van der Waals surface area (Å²) in [7, 11) is 0.